The van der Waals surface area contributed by atoms with E-state index in [0.717, 1.165) is 11.8 Å². The molecular formula is C7H9BrO2S. The number of rotatable bonds is 4. The Labute approximate surface area is 78.8 Å². The number of hydrogen-bond acceptors (Lipinski definition) is 3. The van der Waals surface area contributed by atoms with Crippen molar-refractivity contribution in [2.75, 3.05) is 6.61 Å². The van der Waals surface area contributed by atoms with Crippen molar-refractivity contribution in [2.24, 2.45) is 0 Å². The zero-order chi connectivity index (χ0) is 8.85. The predicted octanol–water partition coefficient (Wildman–Crippen LogP) is 2.66. The van der Waals surface area contributed by atoms with E-state index in [2.05, 4.69) is 33.8 Å². The molecule has 0 aliphatic rings. The van der Waals surface area contributed by atoms with Crippen molar-refractivity contribution in [3.8, 4) is 0 Å². The molecule has 0 heterocycles. The number of carbonyl (C=O) groups excluding carboxylic acids is 1. The highest BCUT2D eigenvalue weighted by atomic mass is 79.9. The molecule has 0 saturated carbocycles. The summed E-state index contributed by atoms with van der Waals surface area (Å²) in [6, 6.07) is 0. The summed E-state index contributed by atoms with van der Waals surface area (Å²) in [5.41, 5.74) is 0. The van der Waals surface area contributed by atoms with Crippen molar-refractivity contribution in [3.05, 3.63) is 21.9 Å². The molecule has 0 fully saturated rings. The fraction of sp³-hybridized carbons (Fsp3) is 0.286. The molecule has 0 aliphatic carbocycles. The van der Waals surface area contributed by atoms with Crippen molar-refractivity contribution in [1.29, 1.82) is 0 Å². The van der Waals surface area contributed by atoms with Gasteiger partial charge in [-0.2, -0.15) is 0 Å². The molecule has 0 rings (SSSR count). The molecule has 0 amide bonds. The van der Waals surface area contributed by atoms with Gasteiger partial charge < -0.3 is 4.74 Å². The van der Waals surface area contributed by atoms with Gasteiger partial charge in [0.25, 0.3) is 0 Å². The largest absolute Gasteiger partial charge is 0.462 e. The highest BCUT2D eigenvalue weighted by Crippen LogP contribution is 2.27. The predicted molar refractivity (Wildman–Crippen MR) is 51.4 cm³/mol. The fourth-order valence-corrected chi connectivity index (χ4v) is 1.38. The standard InChI is InChI=1S/C7H9BrO2S/c1-4-10-7(9)5(2)11-6(3)8/h2-4H2,1H3. The van der Waals surface area contributed by atoms with Crippen molar-refractivity contribution in [1.82, 2.24) is 0 Å². The van der Waals surface area contributed by atoms with Crippen LogP contribution in [0.1, 0.15) is 6.92 Å². The van der Waals surface area contributed by atoms with E-state index in [1.54, 1.807) is 6.92 Å². The minimum absolute atomic E-state index is 0.341. The Morgan fingerprint density at radius 3 is 2.55 bits per heavy atom. The lowest BCUT2D eigenvalue weighted by molar-refractivity contribution is -0.137. The van der Waals surface area contributed by atoms with Crippen molar-refractivity contribution in [3.63, 3.8) is 0 Å². The summed E-state index contributed by atoms with van der Waals surface area (Å²) in [6.07, 6.45) is 0. The maximum atomic E-state index is 10.9. The number of thioether (sulfide) groups is 1. The van der Waals surface area contributed by atoms with Crippen LogP contribution in [-0.4, -0.2) is 12.6 Å². The van der Waals surface area contributed by atoms with Crippen LogP contribution in [-0.2, 0) is 9.53 Å². The van der Waals surface area contributed by atoms with E-state index >= 15 is 0 Å². The lowest BCUT2D eigenvalue weighted by Gasteiger charge is -2.02. The van der Waals surface area contributed by atoms with Gasteiger partial charge in [-0.1, -0.05) is 24.9 Å². The Morgan fingerprint density at radius 2 is 2.18 bits per heavy atom. The molecule has 2 nitrogen and oxygen atoms in total. The third-order valence-corrected chi connectivity index (χ3v) is 1.86. The third-order valence-electron chi connectivity index (χ3n) is 0.737. The topological polar surface area (TPSA) is 26.3 Å². The van der Waals surface area contributed by atoms with E-state index < -0.39 is 5.97 Å². The highest BCUT2D eigenvalue weighted by Gasteiger charge is 2.08. The summed E-state index contributed by atoms with van der Waals surface area (Å²) in [4.78, 5) is 11.2. The molecule has 62 valence electrons. The molecule has 0 aromatic heterocycles. The Balaban J connectivity index is 3.83. The van der Waals surface area contributed by atoms with E-state index in [1.165, 1.54) is 0 Å². The average Bonchev–Trinajstić information content (AvgIpc) is 1.86. The van der Waals surface area contributed by atoms with Crippen molar-refractivity contribution >= 4 is 33.7 Å². The first-order valence-corrected chi connectivity index (χ1v) is 4.57. The van der Waals surface area contributed by atoms with Gasteiger partial charge in [-0.25, -0.2) is 4.79 Å². The second-order valence-corrected chi connectivity index (χ2v) is 4.27. The van der Waals surface area contributed by atoms with Gasteiger partial charge in [0.2, 0.25) is 0 Å². The Hall–Kier alpha value is -0.220. The molecule has 0 saturated heterocycles. The van der Waals surface area contributed by atoms with Crippen LogP contribution in [0, 0.1) is 0 Å². The molecule has 0 radical (unpaired) electrons. The maximum absolute atomic E-state index is 10.9. The molecule has 11 heavy (non-hydrogen) atoms. The molecule has 0 bridgehead atoms. The molecule has 0 atom stereocenters. The van der Waals surface area contributed by atoms with E-state index in [0.29, 0.717) is 15.3 Å². The molecule has 0 aromatic carbocycles. The number of halogens is 1. The molecule has 0 aromatic rings. The highest BCUT2D eigenvalue weighted by molar-refractivity contribution is 9.14. The van der Waals surface area contributed by atoms with Gasteiger partial charge in [0, 0.05) is 3.81 Å². The number of hydrogen-bond donors (Lipinski definition) is 0. The van der Waals surface area contributed by atoms with Crippen LogP contribution in [0.3, 0.4) is 0 Å². The van der Waals surface area contributed by atoms with Crippen LogP contribution in [0.15, 0.2) is 21.9 Å². The minimum atomic E-state index is -0.391. The van der Waals surface area contributed by atoms with Crippen LogP contribution >= 0.6 is 27.7 Å². The molecule has 0 spiro atoms. The van der Waals surface area contributed by atoms with E-state index in [1.807, 2.05) is 0 Å². The van der Waals surface area contributed by atoms with Gasteiger partial charge in [-0.05, 0) is 22.9 Å². The first kappa shape index (κ1) is 10.8. The molecule has 0 unspecified atom stereocenters. The third kappa shape index (κ3) is 5.09. The minimum Gasteiger partial charge on any atom is -0.462 e. The van der Waals surface area contributed by atoms with Crippen LogP contribution in [0.25, 0.3) is 0 Å². The second-order valence-electron chi connectivity index (χ2n) is 1.60. The van der Waals surface area contributed by atoms with Crippen LogP contribution in [0.4, 0.5) is 0 Å². The van der Waals surface area contributed by atoms with Crippen molar-refractivity contribution < 1.29 is 9.53 Å². The van der Waals surface area contributed by atoms with E-state index in [-0.39, 0.29) is 0 Å². The molecular weight excluding hydrogens is 228 g/mol. The second kappa shape index (κ2) is 5.43. The van der Waals surface area contributed by atoms with Gasteiger partial charge >= 0.3 is 5.97 Å². The van der Waals surface area contributed by atoms with Gasteiger partial charge in [0.1, 0.15) is 0 Å². The summed E-state index contributed by atoms with van der Waals surface area (Å²) in [5, 5.41) is 0. The summed E-state index contributed by atoms with van der Waals surface area (Å²) in [5.74, 6) is -0.391. The van der Waals surface area contributed by atoms with Crippen molar-refractivity contribution in [2.45, 2.75) is 6.92 Å². The van der Waals surface area contributed by atoms with Gasteiger partial charge in [0.15, 0.2) is 0 Å². The smallest absolute Gasteiger partial charge is 0.344 e. The van der Waals surface area contributed by atoms with Crippen LogP contribution in [0.2, 0.25) is 0 Å². The van der Waals surface area contributed by atoms with Gasteiger partial charge in [0.05, 0.1) is 11.5 Å². The maximum Gasteiger partial charge on any atom is 0.344 e. The SMILES string of the molecule is C=C(Br)SC(=C)C(=O)OCC. The summed E-state index contributed by atoms with van der Waals surface area (Å²) in [6.45, 7) is 9.18. The first-order valence-electron chi connectivity index (χ1n) is 2.96. The molecule has 0 N–H and O–H groups in total. The Morgan fingerprint density at radius 1 is 1.64 bits per heavy atom. The lowest BCUT2D eigenvalue weighted by atomic mass is 10.6. The monoisotopic (exact) mass is 236 g/mol. The summed E-state index contributed by atoms with van der Waals surface area (Å²) in [7, 11) is 0. The Bertz CT molecular complexity index is 189. The molecule has 4 heteroatoms. The van der Waals surface area contributed by atoms with E-state index in [9.17, 15) is 4.79 Å². The summed E-state index contributed by atoms with van der Waals surface area (Å²) < 4.78 is 5.33. The number of carbonyl (C=O) groups is 1. The number of ether oxygens (including phenoxy) is 1. The number of esters is 1. The van der Waals surface area contributed by atoms with Gasteiger partial charge in [-0.3, -0.25) is 0 Å². The first-order chi connectivity index (χ1) is 5.07. The summed E-state index contributed by atoms with van der Waals surface area (Å²) >= 11 is 4.25. The molecule has 0 aliphatic heterocycles. The zero-order valence-electron chi connectivity index (χ0n) is 6.22. The average molecular weight is 237 g/mol. The fourth-order valence-electron chi connectivity index (χ4n) is 0.387. The zero-order valence-corrected chi connectivity index (χ0v) is 8.63. The lowest BCUT2D eigenvalue weighted by Crippen LogP contribution is -2.03. The van der Waals surface area contributed by atoms with Crippen LogP contribution < -0.4 is 0 Å². The quantitative estimate of drug-likeness (QED) is 0.555. The normalized spacial score (nSPS) is 8.91. The van der Waals surface area contributed by atoms with E-state index in [4.69, 9.17) is 0 Å². The Kier molecular flexibility index (Phi) is 5.32. The van der Waals surface area contributed by atoms with Crippen LogP contribution in [0.5, 0.6) is 0 Å². The van der Waals surface area contributed by atoms with Gasteiger partial charge in [-0.15, -0.1) is 0 Å².